The van der Waals surface area contributed by atoms with Gasteiger partial charge in [0.1, 0.15) is 5.75 Å². The zero-order valence-corrected chi connectivity index (χ0v) is 12.4. The molecular weight excluding hydrogens is 286 g/mol. The van der Waals surface area contributed by atoms with Crippen LogP contribution in [0.2, 0.25) is 0 Å². The van der Waals surface area contributed by atoms with Crippen molar-refractivity contribution in [2.45, 2.75) is 6.92 Å². The van der Waals surface area contributed by atoms with Gasteiger partial charge in [-0.2, -0.15) is 0 Å². The number of hydrogen-bond donors (Lipinski definition) is 1. The number of hydrogen-bond acceptors (Lipinski definition) is 4. The molecule has 5 heteroatoms. The number of aromatic nitrogens is 1. The van der Waals surface area contributed by atoms with Gasteiger partial charge in [-0.3, -0.25) is 0 Å². The molecule has 0 amide bonds. The van der Waals surface area contributed by atoms with Crippen LogP contribution in [0.3, 0.4) is 0 Å². The minimum atomic E-state index is -1.02. The van der Waals surface area contributed by atoms with Crippen LogP contribution in [-0.4, -0.2) is 23.2 Å². The van der Waals surface area contributed by atoms with E-state index in [1.165, 1.54) is 11.3 Å². The highest BCUT2D eigenvalue weighted by Crippen LogP contribution is 2.41. The summed E-state index contributed by atoms with van der Waals surface area (Å²) in [4.78, 5) is 16.2. The summed E-state index contributed by atoms with van der Waals surface area (Å²) < 4.78 is 5.44. The molecule has 1 heterocycles. The van der Waals surface area contributed by atoms with Gasteiger partial charge in [-0.15, -0.1) is 11.3 Å². The van der Waals surface area contributed by atoms with Crippen LogP contribution in [0.15, 0.2) is 36.4 Å². The molecule has 0 aliphatic heterocycles. The van der Waals surface area contributed by atoms with E-state index in [4.69, 9.17) is 4.74 Å². The highest BCUT2D eigenvalue weighted by molar-refractivity contribution is 7.15. The molecule has 1 N–H and O–H groups in total. The van der Waals surface area contributed by atoms with Gasteiger partial charge in [0.05, 0.1) is 17.0 Å². The van der Waals surface area contributed by atoms with Gasteiger partial charge in [-0.25, -0.2) is 9.78 Å². The van der Waals surface area contributed by atoms with Crippen molar-refractivity contribution in [3.8, 4) is 16.2 Å². The van der Waals surface area contributed by atoms with Crippen molar-refractivity contribution >= 4 is 28.1 Å². The minimum absolute atomic E-state index is 0.0761. The molecule has 0 radical (unpaired) electrons. The summed E-state index contributed by atoms with van der Waals surface area (Å²) in [5.74, 6) is -0.371. The number of carboxylic acids is 1. The van der Waals surface area contributed by atoms with E-state index in [-0.39, 0.29) is 5.69 Å². The third kappa shape index (κ3) is 2.25. The molecule has 0 bridgehead atoms. The van der Waals surface area contributed by atoms with Crippen molar-refractivity contribution in [2.75, 3.05) is 7.11 Å². The van der Waals surface area contributed by atoms with Crippen molar-refractivity contribution < 1.29 is 14.6 Å². The van der Waals surface area contributed by atoms with Gasteiger partial charge in [0.25, 0.3) is 0 Å². The van der Waals surface area contributed by atoms with E-state index in [0.717, 1.165) is 21.3 Å². The number of carbonyl (C=O) groups is 1. The predicted molar refractivity (Wildman–Crippen MR) is 83.3 cm³/mol. The Kier molecular flexibility index (Phi) is 3.35. The zero-order valence-electron chi connectivity index (χ0n) is 11.6. The maximum absolute atomic E-state index is 11.4. The topological polar surface area (TPSA) is 59.4 Å². The average molecular weight is 299 g/mol. The van der Waals surface area contributed by atoms with Crippen LogP contribution in [-0.2, 0) is 0 Å². The molecule has 0 saturated heterocycles. The number of thiazole rings is 1. The molecule has 0 aliphatic rings. The first-order valence-corrected chi connectivity index (χ1v) is 7.20. The van der Waals surface area contributed by atoms with Crippen molar-refractivity contribution in [3.63, 3.8) is 0 Å². The Labute approximate surface area is 125 Å². The fourth-order valence-electron chi connectivity index (χ4n) is 2.40. The molecule has 3 aromatic rings. The molecule has 2 aromatic carbocycles. The Balaban J connectivity index is 2.41. The van der Waals surface area contributed by atoms with E-state index < -0.39 is 5.97 Å². The van der Waals surface area contributed by atoms with Crippen LogP contribution < -0.4 is 4.74 Å². The van der Waals surface area contributed by atoms with E-state index in [9.17, 15) is 9.90 Å². The SMILES string of the molecule is COc1ccc2ccccc2c1-c1sc(C)nc1C(=O)O. The maximum Gasteiger partial charge on any atom is 0.356 e. The second-order valence-corrected chi connectivity index (χ2v) is 5.78. The lowest BCUT2D eigenvalue weighted by molar-refractivity contribution is 0.0692. The fraction of sp³-hybridized carbons (Fsp3) is 0.125. The molecule has 0 saturated carbocycles. The number of aryl methyl sites for hydroxylation is 1. The third-order valence-electron chi connectivity index (χ3n) is 3.27. The summed E-state index contributed by atoms with van der Waals surface area (Å²) in [6.07, 6.45) is 0. The van der Waals surface area contributed by atoms with Crippen LogP contribution in [0.25, 0.3) is 21.2 Å². The first kappa shape index (κ1) is 13.6. The van der Waals surface area contributed by atoms with Gasteiger partial charge in [0, 0.05) is 5.56 Å². The Morgan fingerprint density at radius 3 is 2.71 bits per heavy atom. The molecule has 0 spiro atoms. The molecular formula is C16H13NO3S. The molecule has 106 valence electrons. The Hall–Kier alpha value is -2.40. The number of aromatic carboxylic acids is 1. The van der Waals surface area contributed by atoms with Crippen molar-refractivity contribution in [2.24, 2.45) is 0 Å². The van der Waals surface area contributed by atoms with E-state index >= 15 is 0 Å². The van der Waals surface area contributed by atoms with E-state index in [1.807, 2.05) is 36.4 Å². The van der Waals surface area contributed by atoms with Gasteiger partial charge >= 0.3 is 5.97 Å². The fourth-order valence-corrected chi connectivity index (χ4v) is 3.37. The average Bonchev–Trinajstić information content (AvgIpc) is 2.87. The van der Waals surface area contributed by atoms with E-state index in [0.29, 0.717) is 10.6 Å². The van der Waals surface area contributed by atoms with Crippen LogP contribution in [0.5, 0.6) is 5.75 Å². The maximum atomic E-state index is 11.4. The largest absolute Gasteiger partial charge is 0.496 e. The molecule has 0 aliphatic carbocycles. The lowest BCUT2D eigenvalue weighted by Gasteiger charge is -2.11. The van der Waals surface area contributed by atoms with Crippen molar-refractivity contribution in [3.05, 3.63) is 47.1 Å². The van der Waals surface area contributed by atoms with Crippen LogP contribution in [0.4, 0.5) is 0 Å². The van der Waals surface area contributed by atoms with E-state index in [1.54, 1.807) is 14.0 Å². The number of rotatable bonds is 3. The van der Waals surface area contributed by atoms with Gasteiger partial charge in [-0.05, 0) is 23.8 Å². The molecule has 0 fully saturated rings. The number of ether oxygens (including phenoxy) is 1. The number of fused-ring (bicyclic) bond motifs is 1. The van der Waals surface area contributed by atoms with Crippen molar-refractivity contribution in [1.29, 1.82) is 0 Å². The van der Waals surface area contributed by atoms with Crippen molar-refractivity contribution in [1.82, 2.24) is 4.98 Å². The second-order valence-electron chi connectivity index (χ2n) is 4.58. The normalized spacial score (nSPS) is 10.8. The van der Waals surface area contributed by atoms with Gasteiger partial charge < -0.3 is 9.84 Å². The smallest absolute Gasteiger partial charge is 0.356 e. The van der Waals surface area contributed by atoms with Gasteiger partial charge in [0.15, 0.2) is 5.69 Å². The Morgan fingerprint density at radius 1 is 1.24 bits per heavy atom. The van der Waals surface area contributed by atoms with Gasteiger partial charge in [-0.1, -0.05) is 30.3 Å². The Bertz CT molecular complexity index is 839. The first-order chi connectivity index (χ1) is 10.1. The monoisotopic (exact) mass is 299 g/mol. The highest BCUT2D eigenvalue weighted by atomic mass is 32.1. The third-order valence-corrected chi connectivity index (χ3v) is 4.26. The van der Waals surface area contributed by atoms with Gasteiger partial charge in [0.2, 0.25) is 0 Å². The molecule has 0 atom stereocenters. The van der Waals surface area contributed by atoms with Crippen LogP contribution in [0, 0.1) is 6.92 Å². The second kappa shape index (κ2) is 5.18. The predicted octanol–water partition coefficient (Wildman–Crippen LogP) is 3.98. The Morgan fingerprint density at radius 2 is 2.00 bits per heavy atom. The summed E-state index contributed by atoms with van der Waals surface area (Å²) in [7, 11) is 1.59. The number of nitrogens with zero attached hydrogens (tertiary/aromatic N) is 1. The summed E-state index contributed by atoms with van der Waals surface area (Å²) in [6.45, 7) is 1.80. The summed E-state index contributed by atoms with van der Waals surface area (Å²) in [6, 6.07) is 11.7. The summed E-state index contributed by atoms with van der Waals surface area (Å²) in [5, 5.41) is 12.1. The first-order valence-electron chi connectivity index (χ1n) is 6.38. The van der Waals surface area contributed by atoms with Crippen LogP contribution >= 0.6 is 11.3 Å². The molecule has 4 nitrogen and oxygen atoms in total. The summed E-state index contributed by atoms with van der Waals surface area (Å²) in [5.41, 5.74) is 0.866. The van der Waals surface area contributed by atoms with E-state index in [2.05, 4.69) is 4.98 Å². The molecule has 0 unspecified atom stereocenters. The van der Waals surface area contributed by atoms with Crippen LogP contribution in [0.1, 0.15) is 15.5 Å². The summed E-state index contributed by atoms with van der Waals surface area (Å²) >= 11 is 1.37. The lowest BCUT2D eigenvalue weighted by Crippen LogP contribution is -2.00. The zero-order chi connectivity index (χ0) is 15.0. The molecule has 1 aromatic heterocycles. The number of methoxy groups -OCH3 is 1. The lowest BCUT2D eigenvalue weighted by atomic mass is 10.0. The minimum Gasteiger partial charge on any atom is -0.496 e. The quantitative estimate of drug-likeness (QED) is 0.794. The standard InChI is InChI=1S/C16H13NO3S/c1-9-17-14(16(18)19)15(21-9)13-11-6-4-3-5-10(11)7-8-12(13)20-2/h3-8H,1-2H3,(H,18,19). The number of benzene rings is 2. The molecule has 3 rings (SSSR count). The number of carboxylic acid groups (broad SMARTS) is 1. The highest BCUT2D eigenvalue weighted by Gasteiger charge is 2.22. The molecule has 21 heavy (non-hydrogen) atoms.